The van der Waals surface area contributed by atoms with Crippen molar-refractivity contribution in [3.63, 3.8) is 0 Å². The number of hydrogen-bond donors (Lipinski definition) is 0. The molecule has 1 saturated heterocycles. The Labute approximate surface area is 189 Å². The first-order chi connectivity index (χ1) is 15.6. The highest BCUT2D eigenvalue weighted by Gasteiger charge is 2.59. The minimum absolute atomic E-state index is 0.181. The fourth-order valence-electron chi connectivity index (χ4n) is 4.49. The smallest absolute Gasteiger partial charge is 0.327 e. The molecular formula is C20H23F2N5O5S. The summed E-state index contributed by atoms with van der Waals surface area (Å²) in [5, 5.41) is 3.69. The summed E-state index contributed by atoms with van der Waals surface area (Å²) < 4.78 is 65.0. The Kier molecular flexibility index (Phi) is 5.08. The van der Waals surface area contributed by atoms with E-state index >= 15 is 0 Å². The van der Waals surface area contributed by atoms with Crippen LogP contribution in [0.4, 0.5) is 20.3 Å². The summed E-state index contributed by atoms with van der Waals surface area (Å²) in [5.41, 5.74) is 1.12. The number of carbonyl (C=O) groups is 1. The van der Waals surface area contributed by atoms with Gasteiger partial charge in [-0.2, -0.15) is 8.42 Å². The molecular weight excluding hydrogens is 460 g/mol. The van der Waals surface area contributed by atoms with Crippen molar-refractivity contribution in [2.45, 2.75) is 30.8 Å². The van der Waals surface area contributed by atoms with E-state index in [0.29, 0.717) is 25.2 Å². The Morgan fingerprint density at radius 2 is 2.09 bits per heavy atom. The van der Waals surface area contributed by atoms with E-state index in [-0.39, 0.29) is 48.1 Å². The molecule has 0 N–H and O–H groups in total. The SMILES string of the molecule is COC1CN(C(=O)c2ccon2)CCC1c1ccc2c(n1)N(C)S(=O)(=O)N2CC1CC1(F)F. The zero-order chi connectivity index (χ0) is 23.5. The summed E-state index contributed by atoms with van der Waals surface area (Å²) in [4.78, 5) is 18.8. The molecule has 10 nitrogen and oxygen atoms in total. The number of anilines is 2. The molecule has 0 aromatic carbocycles. The fraction of sp³-hybridized carbons (Fsp3) is 0.550. The Hall–Kier alpha value is -2.80. The quantitative estimate of drug-likeness (QED) is 0.639. The Balaban J connectivity index is 1.38. The van der Waals surface area contributed by atoms with E-state index in [1.807, 2.05) is 0 Å². The molecule has 1 saturated carbocycles. The van der Waals surface area contributed by atoms with Crippen molar-refractivity contribution in [3.05, 3.63) is 35.9 Å². The molecule has 0 radical (unpaired) electrons. The van der Waals surface area contributed by atoms with Crippen LogP contribution in [0, 0.1) is 5.92 Å². The average molecular weight is 483 g/mol. The van der Waals surface area contributed by atoms with Crippen LogP contribution in [0.3, 0.4) is 0 Å². The lowest BCUT2D eigenvalue weighted by Crippen LogP contribution is -2.46. The van der Waals surface area contributed by atoms with Gasteiger partial charge >= 0.3 is 10.2 Å². The molecule has 2 aromatic rings. The van der Waals surface area contributed by atoms with E-state index in [1.165, 1.54) is 19.4 Å². The summed E-state index contributed by atoms with van der Waals surface area (Å²) in [6.07, 6.45) is 1.19. The van der Waals surface area contributed by atoms with Crippen LogP contribution in [0.25, 0.3) is 0 Å². The van der Waals surface area contributed by atoms with E-state index in [1.54, 1.807) is 24.1 Å². The number of rotatable bonds is 5. The second-order valence-corrected chi connectivity index (χ2v) is 10.4. The van der Waals surface area contributed by atoms with Gasteiger partial charge in [-0.1, -0.05) is 5.16 Å². The van der Waals surface area contributed by atoms with Gasteiger partial charge in [0, 0.05) is 63.8 Å². The predicted molar refractivity (Wildman–Crippen MR) is 113 cm³/mol. The molecule has 3 atom stereocenters. The number of amides is 1. The number of carbonyl (C=O) groups excluding carboxylic acids is 1. The Bertz CT molecular complexity index is 1180. The number of methoxy groups -OCH3 is 1. The fourth-order valence-corrected chi connectivity index (χ4v) is 5.90. The normalized spacial score (nSPS) is 27.5. The van der Waals surface area contributed by atoms with Gasteiger partial charge in [-0.15, -0.1) is 0 Å². The van der Waals surface area contributed by atoms with Crippen molar-refractivity contribution in [3.8, 4) is 0 Å². The van der Waals surface area contributed by atoms with Gasteiger partial charge in [-0.05, 0) is 18.6 Å². The molecule has 0 spiro atoms. The van der Waals surface area contributed by atoms with Gasteiger partial charge in [0.25, 0.3) is 11.8 Å². The van der Waals surface area contributed by atoms with Crippen LogP contribution in [-0.2, 0) is 14.9 Å². The number of likely N-dealkylation sites (tertiary alicyclic amines) is 1. The van der Waals surface area contributed by atoms with Gasteiger partial charge < -0.3 is 14.2 Å². The lowest BCUT2D eigenvalue weighted by atomic mass is 9.90. The highest BCUT2D eigenvalue weighted by atomic mass is 32.2. The first-order valence-electron chi connectivity index (χ1n) is 10.5. The largest absolute Gasteiger partial charge is 0.379 e. The van der Waals surface area contributed by atoms with E-state index in [9.17, 15) is 22.0 Å². The van der Waals surface area contributed by atoms with Gasteiger partial charge in [0.05, 0.1) is 11.8 Å². The summed E-state index contributed by atoms with van der Waals surface area (Å²) in [6, 6.07) is 4.81. The maximum absolute atomic E-state index is 13.4. The summed E-state index contributed by atoms with van der Waals surface area (Å²) in [7, 11) is -1.06. The second kappa shape index (κ2) is 7.62. The highest BCUT2D eigenvalue weighted by Crippen LogP contribution is 2.51. The molecule has 2 aromatic heterocycles. The van der Waals surface area contributed by atoms with Gasteiger partial charge in [-0.25, -0.2) is 22.4 Å². The Morgan fingerprint density at radius 3 is 2.73 bits per heavy atom. The van der Waals surface area contributed by atoms with Crippen molar-refractivity contribution in [1.29, 1.82) is 0 Å². The number of halogens is 2. The van der Waals surface area contributed by atoms with Crippen LogP contribution in [0.5, 0.6) is 0 Å². The molecule has 5 rings (SSSR count). The van der Waals surface area contributed by atoms with Crippen LogP contribution in [0.1, 0.15) is 34.9 Å². The van der Waals surface area contributed by atoms with E-state index in [4.69, 9.17) is 9.26 Å². The van der Waals surface area contributed by atoms with E-state index < -0.39 is 22.0 Å². The van der Waals surface area contributed by atoms with E-state index in [0.717, 1.165) is 8.61 Å². The predicted octanol–water partition coefficient (Wildman–Crippen LogP) is 1.87. The minimum atomic E-state index is -3.97. The molecule has 13 heteroatoms. The second-order valence-electron chi connectivity index (χ2n) is 8.55. The lowest BCUT2D eigenvalue weighted by Gasteiger charge is -2.37. The van der Waals surface area contributed by atoms with E-state index in [2.05, 4.69) is 10.1 Å². The third-order valence-electron chi connectivity index (χ3n) is 6.60. The first-order valence-corrected chi connectivity index (χ1v) is 11.9. The summed E-state index contributed by atoms with van der Waals surface area (Å²) >= 11 is 0. The van der Waals surface area contributed by atoms with Gasteiger partial charge in [0.15, 0.2) is 11.5 Å². The zero-order valence-electron chi connectivity index (χ0n) is 18.0. The molecule has 1 amide bonds. The number of hydrogen-bond acceptors (Lipinski definition) is 7. The number of pyridine rings is 1. The first kappa shape index (κ1) is 22.0. The lowest BCUT2D eigenvalue weighted by molar-refractivity contribution is 0.0131. The molecule has 178 valence electrons. The number of piperidine rings is 1. The van der Waals surface area contributed by atoms with Crippen LogP contribution in [-0.4, -0.2) is 75.2 Å². The number of nitrogens with zero attached hydrogens (tertiary/aromatic N) is 5. The third kappa shape index (κ3) is 3.62. The van der Waals surface area contributed by atoms with Gasteiger partial charge in [-0.3, -0.25) is 4.79 Å². The van der Waals surface area contributed by atoms with Crippen molar-refractivity contribution in [1.82, 2.24) is 15.0 Å². The maximum atomic E-state index is 13.4. The number of alkyl halides is 2. The summed E-state index contributed by atoms with van der Waals surface area (Å²) in [6.45, 7) is 0.464. The van der Waals surface area contributed by atoms with Crippen LogP contribution in [0.15, 0.2) is 29.0 Å². The molecule has 4 heterocycles. The monoisotopic (exact) mass is 483 g/mol. The maximum Gasteiger partial charge on any atom is 0.327 e. The van der Waals surface area contributed by atoms with Gasteiger partial charge in [0.2, 0.25) is 0 Å². The van der Waals surface area contributed by atoms with Crippen molar-refractivity contribution in [2.75, 3.05) is 42.4 Å². The molecule has 3 aliphatic rings. The van der Waals surface area contributed by atoms with Gasteiger partial charge in [0.1, 0.15) is 6.26 Å². The third-order valence-corrected chi connectivity index (χ3v) is 8.36. The molecule has 1 aliphatic carbocycles. The molecule has 2 aliphatic heterocycles. The number of ether oxygens (including phenoxy) is 1. The molecule has 2 fully saturated rings. The van der Waals surface area contributed by atoms with Crippen LogP contribution in [0.2, 0.25) is 0 Å². The number of aromatic nitrogens is 2. The van der Waals surface area contributed by atoms with Crippen LogP contribution >= 0.6 is 0 Å². The topological polar surface area (TPSA) is 109 Å². The average Bonchev–Trinajstić information content (AvgIpc) is 3.13. The van der Waals surface area contributed by atoms with Crippen LogP contribution < -0.4 is 8.61 Å². The molecule has 3 unspecified atom stereocenters. The number of fused-ring (bicyclic) bond motifs is 1. The standard InChI is InChI=1S/C20H23F2N5O5S/c1-25-18-16(27(33(25,29)30)10-12-9-20(12,21)22)4-3-14(23-18)13-5-7-26(11-17(13)31-2)19(28)15-6-8-32-24-15/h3-4,6,8,12-13,17H,5,7,9-11H2,1-2H3. The Morgan fingerprint density at radius 1 is 1.33 bits per heavy atom. The van der Waals surface area contributed by atoms with Crippen molar-refractivity contribution in [2.24, 2.45) is 5.92 Å². The van der Waals surface area contributed by atoms with Crippen molar-refractivity contribution >= 4 is 27.6 Å². The van der Waals surface area contributed by atoms with Crippen molar-refractivity contribution < 1.29 is 31.3 Å². The molecule has 0 bridgehead atoms. The molecule has 33 heavy (non-hydrogen) atoms. The zero-order valence-corrected chi connectivity index (χ0v) is 18.8. The highest BCUT2D eigenvalue weighted by molar-refractivity contribution is 7.94. The minimum Gasteiger partial charge on any atom is -0.379 e. The summed E-state index contributed by atoms with van der Waals surface area (Å²) in [5.74, 6) is -4.06.